The number of rotatable bonds is 1. The highest BCUT2D eigenvalue weighted by Crippen LogP contribution is 2.31. The van der Waals surface area contributed by atoms with E-state index in [0.717, 1.165) is 17.6 Å². The molecule has 0 radical (unpaired) electrons. The molecule has 0 amide bonds. The van der Waals surface area contributed by atoms with Gasteiger partial charge in [-0.25, -0.2) is 4.98 Å². The molecule has 3 rings (SSSR count). The Balaban J connectivity index is 2.14. The summed E-state index contributed by atoms with van der Waals surface area (Å²) < 4.78 is 39.4. The molecule has 0 unspecified atom stereocenters. The molecule has 0 atom stereocenters. The van der Waals surface area contributed by atoms with Gasteiger partial charge < -0.3 is 10.1 Å². The average molecular weight is 277 g/mol. The lowest BCUT2D eigenvalue weighted by Crippen LogP contribution is -2.04. The predicted octanol–water partition coefficient (Wildman–Crippen LogP) is 3.60. The maximum absolute atomic E-state index is 12.5. The van der Waals surface area contributed by atoms with E-state index in [9.17, 15) is 13.2 Å². The summed E-state index contributed by atoms with van der Waals surface area (Å²) in [7, 11) is 0. The molecular formula is C14H10F3N3. The second-order valence-corrected chi connectivity index (χ2v) is 4.39. The number of nitrogens with zero attached hydrogens (tertiary/aromatic N) is 2. The van der Waals surface area contributed by atoms with E-state index in [1.54, 1.807) is 16.8 Å². The number of alkyl halides is 3. The monoisotopic (exact) mass is 277 g/mol. The highest BCUT2D eigenvalue weighted by atomic mass is 19.4. The molecule has 0 fully saturated rings. The predicted molar refractivity (Wildman–Crippen MR) is 70.0 cm³/mol. The van der Waals surface area contributed by atoms with E-state index in [4.69, 9.17) is 5.73 Å². The molecule has 102 valence electrons. The number of hydrogen-bond donors (Lipinski definition) is 1. The molecule has 6 heteroatoms. The summed E-state index contributed by atoms with van der Waals surface area (Å²) in [6.07, 6.45) is -0.879. The smallest absolute Gasteiger partial charge is 0.382 e. The van der Waals surface area contributed by atoms with Crippen molar-refractivity contribution in [2.45, 2.75) is 6.18 Å². The number of benzene rings is 1. The molecule has 0 aliphatic rings. The first-order valence-electron chi connectivity index (χ1n) is 5.86. The Kier molecular flexibility index (Phi) is 2.67. The number of fused-ring (bicyclic) bond motifs is 1. The van der Waals surface area contributed by atoms with E-state index in [1.807, 2.05) is 12.1 Å². The largest absolute Gasteiger partial charge is 0.416 e. The fourth-order valence-electron chi connectivity index (χ4n) is 2.09. The van der Waals surface area contributed by atoms with Gasteiger partial charge in [-0.2, -0.15) is 13.2 Å². The summed E-state index contributed by atoms with van der Waals surface area (Å²) in [6.45, 7) is 0. The molecule has 3 aromatic rings. The van der Waals surface area contributed by atoms with E-state index in [2.05, 4.69) is 4.98 Å². The molecule has 3 nitrogen and oxygen atoms in total. The molecule has 0 spiro atoms. The summed E-state index contributed by atoms with van der Waals surface area (Å²) >= 11 is 0. The number of halogens is 3. The first kappa shape index (κ1) is 12.5. The normalized spacial score (nSPS) is 11.9. The van der Waals surface area contributed by atoms with E-state index >= 15 is 0 Å². The third-order valence-corrected chi connectivity index (χ3v) is 3.02. The Morgan fingerprint density at radius 1 is 1.05 bits per heavy atom. The minimum absolute atomic E-state index is 0.309. The maximum atomic E-state index is 12.5. The van der Waals surface area contributed by atoms with Gasteiger partial charge >= 0.3 is 6.18 Å². The molecule has 2 aromatic heterocycles. The summed E-state index contributed by atoms with van der Waals surface area (Å²) in [6, 6.07) is 8.54. The van der Waals surface area contributed by atoms with Gasteiger partial charge in [0.05, 0.1) is 23.0 Å². The molecular weight excluding hydrogens is 267 g/mol. The highest BCUT2D eigenvalue weighted by Gasteiger charge is 2.30. The van der Waals surface area contributed by atoms with Crippen molar-refractivity contribution in [3.8, 4) is 11.3 Å². The lowest BCUT2D eigenvalue weighted by atomic mass is 10.1. The van der Waals surface area contributed by atoms with Crippen molar-refractivity contribution < 1.29 is 13.2 Å². The minimum Gasteiger partial charge on any atom is -0.382 e. The van der Waals surface area contributed by atoms with Crippen molar-refractivity contribution in [1.29, 1.82) is 0 Å². The maximum Gasteiger partial charge on any atom is 0.416 e. The van der Waals surface area contributed by atoms with Crippen LogP contribution in [0.15, 0.2) is 48.8 Å². The Bertz CT molecular complexity index is 757. The molecule has 0 saturated heterocycles. The Morgan fingerprint density at radius 3 is 2.40 bits per heavy atom. The van der Waals surface area contributed by atoms with Crippen LogP contribution < -0.4 is 5.73 Å². The van der Waals surface area contributed by atoms with Crippen molar-refractivity contribution in [2.75, 3.05) is 5.73 Å². The van der Waals surface area contributed by atoms with Crippen LogP contribution in [-0.2, 0) is 6.18 Å². The minimum atomic E-state index is -4.34. The third-order valence-electron chi connectivity index (χ3n) is 3.02. The van der Waals surface area contributed by atoms with Crippen LogP contribution in [-0.4, -0.2) is 9.38 Å². The Hall–Kier alpha value is -2.50. The molecule has 0 aliphatic heterocycles. The van der Waals surface area contributed by atoms with Gasteiger partial charge in [0.1, 0.15) is 5.82 Å². The molecule has 1 aromatic carbocycles. The van der Waals surface area contributed by atoms with Gasteiger partial charge in [-0.15, -0.1) is 0 Å². The van der Waals surface area contributed by atoms with E-state index in [0.29, 0.717) is 17.1 Å². The molecule has 0 bridgehead atoms. The number of aromatic nitrogens is 2. The van der Waals surface area contributed by atoms with Crippen molar-refractivity contribution in [2.24, 2.45) is 0 Å². The topological polar surface area (TPSA) is 43.3 Å². The standard InChI is InChI=1S/C14H10F3N3/c15-14(16,17)10-5-3-9(4-6-10)13-11-2-1-7-20(11)8-12(18)19-13/h1-8H,18H2. The summed E-state index contributed by atoms with van der Waals surface area (Å²) in [5.74, 6) is 0.309. The van der Waals surface area contributed by atoms with Gasteiger partial charge in [-0.05, 0) is 24.3 Å². The molecule has 2 N–H and O–H groups in total. The van der Waals surface area contributed by atoms with Gasteiger partial charge in [-0.1, -0.05) is 12.1 Å². The van der Waals surface area contributed by atoms with Gasteiger partial charge in [0, 0.05) is 11.8 Å². The number of nitrogen functional groups attached to an aromatic ring is 1. The second kappa shape index (κ2) is 4.26. The van der Waals surface area contributed by atoms with Crippen LogP contribution in [0.2, 0.25) is 0 Å². The molecule has 2 heterocycles. The van der Waals surface area contributed by atoms with E-state index < -0.39 is 11.7 Å². The third kappa shape index (κ3) is 2.09. The zero-order valence-corrected chi connectivity index (χ0v) is 10.2. The Morgan fingerprint density at radius 2 is 1.75 bits per heavy atom. The van der Waals surface area contributed by atoms with Crippen LogP contribution in [0.3, 0.4) is 0 Å². The first-order valence-corrected chi connectivity index (χ1v) is 5.86. The van der Waals surface area contributed by atoms with Crippen LogP contribution in [0.1, 0.15) is 5.56 Å². The van der Waals surface area contributed by atoms with Crippen molar-refractivity contribution in [1.82, 2.24) is 9.38 Å². The second-order valence-electron chi connectivity index (χ2n) is 4.39. The Labute approximate surface area is 112 Å². The van der Waals surface area contributed by atoms with Gasteiger partial charge in [0.15, 0.2) is 0 Å². The van der Waals surface area contributed by atoms with Gasteiger partial charge in [-0.3, -0.25) is 0 Å². The van der Waals surface area contributed by atoms with Crippen LogP contribution in [0, 0.1) is 0 Å². The number of hydrogen-bond acceptors (Lipinski definition) is 2. The zero-order chi connectivity index (χ0) is 14.3. The lowest BCUT2D eigenvalue weighted by molar-refractivity contribution is -0.137. The summed E-state index contributed by atoms with van der Waals surface area (Å²) in [5.41, 5.74) is 6.97. The van der Waals surface area contributed by atoms with Crippen LogP contribution >= 0.6 is 0 Å². The molecule has 20 heavy (non-hydrogen) atoms. The number of anilines is 1. The lowest BCUT2D eigenvalue weighted by Gasteiger charge is -2.09. The van der Waals surface area contributed by atoms with E-state index in [-0.39, 0.29) is 0 Å². The SMILES string of the molecule is Nc1cn2cccc2c(-c2ccc(C(F)(F)F)cc2)n1. The molecule has 0 saturated carbocycles. The molecule has 0 aliphatic carbocycles. The fraction of sp³-hybridized carbons (Fsp3) is 0.0714. The van der Waals surface area contributed by atoms with Gasteiger partial charge in [0.25, 0.3) is 0 Å². The van der Waals surface area contributed by atoms with E-state index in [1.165, 1.54) is 12.1 Å². The summed E-state index contributed by atoms with van der Waals surface area (Å²) in [5, 5.41) is 0. The first-order chi connectivity index (χ1) is 9.45. The fourth-order valence-corrected chi connectivity index (χ4v) is 2.09. The van der Waals surface area contributed by atoms with Crippen LogP contribution in [0.4, 0.5) is 19.0 Å². The average Bonchev–Trinajstić information content (AvgIpc) is 2.85. The van der Waals surface area contributed by atoms with Crippen molar-refractivity contribution in [3.05, 3.63) is 54.4 Å². The van der Waals surface area contributed by atoms with Crippen LogP contribution in [0.25, 0.3) is 16.8 Å². The number of nitrogens with two attached hydrogens (primary N) is 1. The summed E-state index contributed by atoms with van der Waals surface area (Å²) in [4.78, 5) is 4.21. The zero-order valence-electron chi connectivity index (χ0n) is 10.2. The van der Waals surface area contributed by atoms with Crippen molar-refractivity contribution in [3.63, 3.8) is 0 Å². The van der Waals surface area contributed by atoms with Gasteiger partial charge in [0.2, 0.25) is 0 Å². The van der Waals surface area contributed by atoms with Crippen molar-refractivity contribution >= 4 is 11.3 Å². The quantitative estimate of drug-likeness (QED) is 0.738. The highest BCUT2D eigenvalue weighted by molar-refractivity contribution is 5.78. The van der Waals surface area contributed by atoms with Crippen LogP contribution in [0.5, 0.6) is 0 Å².